The van der Waals surface area contributed by atoms with E-state index in [4.69, 9.17) is 17.3 Å². The first-order chi connectivity index (χ1) is 9.97. The fourth-order valence-electron chi connectivity index (χ4n) is 1.87. The van der Waals surface area contributed by atoms with Crippen LogP contribution in [-0.4, -0.2) is 32.2 Å². The molecular weight excluding hydrogens is 292 g/mol. The van der Waals surface area contributed by atoms with E-state index in [-0.39, 0.29) is 5.91 Å². The fourth-order valence-corrected chi connectivity index (χ4v) is 2.04. The molecule has 1 aromatic carbocycles. The summed E-state index contributed by atoms with van der Waals surface area (Å²) in [5.74, 6) is 0.0771. The van der Waals surface area contributed by atoms with Gasteiger partial charge in [-0.2, -0.15) is 0 Å². The smallest absolute Gasteiger partial charge is 0.241 e. The number of tetrazole rings is 1. The van der Waals surface area contributed by atoms with Crippen molar-refractivity contribution in [2.24, 2.45) is 11.7 Å². The Hall–Kier alpha value is -1.99. The molecule has 1 unspecified atom stereocenters. The molecule has 1 aromatic heterocycles. The Balaban J connectivity index is 2.16. The van der Waals surface area contributed by atoms with Crippen molar-refractivity contribution in [3.8, 4) is 5.69 Å². The number of hydrogen-bond acceptors (Lipinski definition) is 5. The van der Waals surface area contributed by atoms with Crippen LogP contribution < -0.4 is 11.1 Å². The van der Waals surface area contributed by atoms with Crippen molar-refractivity contribution in [2.45, 2.75) is 26.3 Å². The number of nitrogens with one attached hydrogen (secondary N) is 1. The molecular formula is C13H17ClN6O. The Kier molecular flexibility index (Phi) is 4.87. The van der Waals surface area contributed by atoms with E-state index in [0.29, 0.717) is 28.7 Å². The summed E-state index contributed by atoms with van der Waals surface area (Å²) in [6.07, 6.45) is 2.06. The van der Waals surface area contributed by atoms with E-state index in [1.54, 1.807) is 18.2 Å². The Bertz CT molecular complexity index is 613. The summed E-state index contributed by atoms with van der Waals surface area (Å²) < 4.78 is 1.47. The molecule has 2 rings (SSSR count). The summed E-state index contributed by atoms with van der Waals surface area (Å²) in [5, 5.41) is 14.1. The van der Waals surface area contributed by atoms with E-state index in [9.17, 15) is 4.79 Å². The van der Waals surface area contributed by atoms with Gasteiger partial charge in [0.05, 0.1) is 22.4 Å². The number of carbonyl (C=O) groups is 1. The summed E-state index contributed by atoms with van der Waals surface area (Å²) in [5.41, 5.74) is 7.03. The lowest BCUT2D eigenvalue weighted by Gasteiger charge is -2.15. The molecule has 2 aromatic rings. The van der Waals surface area contributed by atoms with E-state index in [2.05, 4.69) is 20.8 Å². The van der Waals surface area contributed by atoms with Gasteiger partial charge in [-0.15, -0.1) is 5.10 Å². The first-order valence-corrected chi connectivity index (χ1v) is 6.94. The van der Waals surface area contributed by atoms with Gasteiger partial charge in [0.2, 0.25) is 5.91 Å². The van der Waals surface area contributed by atoms with E-state index < -0.39 is 6.04 Å². The van der Waals surface area contributed by atoms with Gasteiger partial charge < -0.3 is 11.1 Å². The van der Waals surface area contributed by atoms with E-state index in [0.717, 1.165) is 0 Å². The second-order valence-electron chi connectivity index (χ2n) is 5.14. The van der Waals surface area contributed by atoms with Crippen molar-refractivity contribution >= 4 is 23.2 Å². The molecule has 21 heavy (non-hydrogen) atoms. The van der Waals surface area contributed by atoms with Crippen molar-refractivity contribution in [1.82, 2.24) is 20.2 Å². The summed E-state index contributed by atoms with van der Waals surface area (Å²) >= 11 is 6.10. The second-order valence-corrected chi connectivity index (χ2v) is 5.55. The standard InChI is InChI=1S/C13H17ClN6O/c1-8(2)5-11(15)13(21)17-12-6-9(3-4-10(12)14)20-7-16-18-19-20/h3-4,6-8,11H,5,15H2,1-2H3,(H,17,21). The zero-order chi connectivity index (χ0) is 15.4. The zero-order valence-corrected chi connectivity index (χ0v) is 12.6. The highest BCUT2D eigenvalue weighted by molar-refractivity contribution is 6.33. The van der Waals surface area contributed by atoms with Crippen molar-refractivity contribution < 1.29 is 4.79 Å². The lowest BCUT2D eigenvalue weighted by Crippen LogP contribution is -2.36. The summed E-state index contributed by atoms with van der Waals surface area (Å²) in [7, 11) is 0. The first-order valence-electron chi connectivity index (χ1n) is 6.56. The summed E-state index contributed by atoms with van der Waals surface area (Å²) in [6, 6.07) is 4.54. The van der Waals surface area contributed by atoms with Gasteiger partial charge in [-0.25, -0.2) is 4.68 Å². The van der Waals surface area contributed by atoms with Crippen molar-refractivity contribution in [2.75, 3.05) is 5.32 Å². The quantitative estimate of drug-likeness (QED) is 0.874. The number of nitrogens with two attached hydrogens (primary N) is 1. The van der Waals surface area contributed by atoms with Gasteiger partial charge in [0.15, 0.2) is 0 Å². The molecule has 0 aliphatic heterocycles. The maximum atomic E-state index is 12.1. The van der Waals surface area contributed by atoms with Crippen LogP contribution in [0.5, 0.6) is 0 Å². The van der Waals surface area contributed by atoms with Crippen molar-refractivity contribution in [3.05, 3.63) is 29.5 Å². The van der Waals surface area contributed by atoms with Gasteiger partial charge in [-0.1, -0.05) is 25.4 Å². The number of aromatic nitrogens is 4. The van der Waals surface area contributed by atoms with Gasteiger partial charge in [0.25, 0.3) is 0 Å². The largest absolute Gasteiger partial charge is 0.323 e. The number of halogens is 1. The van der Waals surface area contributed by atoms with Gasteiger partial charge >= 0.3 is 0 Å². The molecule has 0 aliphatic carbocycles. The Morgan fingerprint density at radius 2 is 2.24 bits per heavy atom. The van der Waals surface area contributed by atoms with Crippen molar-refractivity contribution in [1.29, 1.82) is 0 Å². The van der Waals surface area contributed by atoms with Gasteiger partial charge in [0, 0.05) is 0 Å². The molecule has 7 nitrogen and oxygen atoms in total. The number of benzene rings is 1. The second kappa shape index (κ2) is 6.64. The zero-order valence-electron chi connectivity index (χ0n) is 11.8. The summed E-state index contributed by atoms with van der Waals surface area (Å²) in [6.45, 7) is 4.02. The van der Waals surface area contributed by atoms with Crippen LogP contribution in [0.1, 0.15) is 20.3 Å². The SMILES string of the molecule is CC(C)CC(N)C(=O)Nc1cc(-n2cnnn2)ccc1Cl. The third-order valence-corrected chi connectivity index (χ3v) is 3.21. The molecule has 1 amide bonds. The third kappa shape index (κ3) is 3.99. The van der Waals surface area contributed by atoms with Crippen LogP contribution >= 0.6 is 11.6 Å². The van der Waals surface area contributed by atoms with Crippen LogP contribution in [0.2, 0.25) is 5.02 Å². The number of carbonyl (C=O) groups excluding carboxylic acids is 1. The van der Waals surface area contributed by atoms with E-state index in [1.165, 1.54) is 11.0 Å². The highest BCUT2D eigenvalue weighted by Gasteiger charge is 2.16. The van der Waals surface area contributed by atoms with E-state index >= 15 is 0 Å². The predicted octanol–water partition coefficient (Wildman–Crippen LogP) is 1.63. The Labute approximate surface area is 127 Å². The lowest BCUT2D eigenvalue weighted by atomic mass is 10.0. The average Bonchev–Trinajstić information content (AvgIpc) is 2.94. The molecule has 3 N–H and O–H groups in total. The fraction of sp³-hybridized carbons (Fsp3) is 0.385. The van der Waals surface area contributed by atoms with Gasteiger partial charge in [-0.3, -0.25) is 4.79 Å². The molecule has 0 spiro atoms. The molecule has 1 atom stereocenters. The molecule has 1 heterocycles. The molecule has 0 fully saturated rings. The molecule has 0 radical (unpaired) electrons. The van der Waals surface area contributed by atoms with Crippen LogP contribution in [0.3, 0.4) is 0 Å². The maximum Gasteiger partial charge on any atom is 0.241 e. The Morgan fingerprint density at radius 1 is 1.48 bits per heavy atom. The highest BCUT2D eigenvalue weighted by atomic mass is 35.5. The molecule has 8 heteroatoms. The van der Waals surface area contributed by atoms with Crippen LogP contribution in [-0.2, 0) is 4.79 Å². The average molecular weight is 309 g/mol. The summed E-state index contributed by atoms with van der Waals surface area (Å²) in [4.78, 5) is 12.1. The minimum Gasteiger partial charge on any atom is -0.323 e. The van der Waals surface area contributed by atoms with Gasteiger partial charge in [0.1, 0.15) is 6.33 Å². The molecule has 0 saturated heterocycles. The maximum absolute atomic E-state index is 12.1. The topological polar surface area (TPSA) is 98.7 Å². The van der Waals surface area contributed by atoms with Crippen LogP contribution in [0.4, 0.5) is 5.69 Å². The normalized spacial score (nSPS) is 12.4. The number of amides is 1. The van der Waals surface area contributed by atoms with Crippen LogP contribution in [0.25, 0.3) is 5.69 Å². The number of hydrogen-bond donors (Lipinski definition) is 2. The Morgan fingerprint density at radius 3 is 2.86 bits per heavy atom. The predicted molar refractivity (Wildman–Crippen MR) is 80.2 cm³/mol. The molecule has 0 bridgehead atoms. The highest BCUT2D eigenvalue weighted by Crippen LogP contribution is 2.24. The van der Waals surface area contributed by atoms with Crippen LogP contribution in [0, 0.1) is 5.92 Å². The third-order valence-electron chi connectivity index (χ3n) is 2.88. The molecule has 0 aliphatic rings. The van der Waals surface area contributed by atoms with Crippen LogP contribution in [0.15, 0.2) is 24.5 Å². The number of nitrogens with zero attached hydrogens (tertiary/aromatic N) is 4. The van der Waals surface area contributed by atoms with E-state index in [1.807, 2.05) is 13.8 Å². The number of rotatable bonds is 5. The lowest BCUT2D eigenvalue weighted by molar-refractivity contribution is -0.117. The minimum atomic E-state index is -0.572. The monoisotopic (exact) mass is 308 g/mol. The molecule has 112 valence electrons. The number of anilines is 1. The minimum absolute atomic E-state index is 0.264. The first kappa shape index (κ1) is 15.4. The van der Waals surface area contributed by atoms with Crippen molar-refractivity contribution in [3.63, 3.8) is 0 Å². The molecule has 0 saturated carbocycles. The van der Waals surface area contributed by atoms with Gasteiger partial charge in [-0.05, 0) is 41.0 Å².